The van der Waals surface area contributed by atoms with E-state index in [0.717, 1.165) is 12.1 Å². The number of carbonyl (C=O) groups excluding carboxylic acids is 2. The quantitative estimate of drug-likeness (QED) is 0.537. The Balaban J connectivity index is 1.28. The van der Waals surface area contributed by atoms with Crippen molar-refractivity contribution >= 4 is 21.8 Å². The Bertz CT molecular complexity index is 1220. The highest BCUT2D eigenvalue weighted by molar-refractivity contribution is 7.89. The maximum absolute atomic E-state index is 12.9. The lowest BCUT2D eigenvalue weighted by Gasteiger charge is -2.20. The average molecular weight is 508 g/mol. The molecule has 2 amide bonds. The molecule has 1 saturated carbocycles. The maximum atomic E-state index is 12.9. The normalized spacial score (nSPS) is 21.7. The van der Waals surface area contributed by atoms with Crippen LogP contribution in [-0.2, 0) is 27.4 Å². The minimum Gasteiger partial charge on any atom is -0.352 e. The molecule has 11 heteroatoms. The van der Waals surface area contributed by atoms with Gasteiger partial charge < -0.3 is 10.6 Å². The van der Waals surface area contributed by atoms with Crippen LogP contribution >= 0.6 is 0 Å². The number of hydrogen-bond acceptors (Lipinski definition) is 4. The molecule has 2 fully saturated rings. The third-order valence-corrected chi connectivity index (χ3v) is 8.24. The summed E-state index contributed by atoms with van der Waals surface area (Å²) in [6.45, 7) is 4.26. The van der Waals surface area contributed by atoms with Crippen molar-refractivity contribution in [3.05, 3.63) is 77.9 Å². The number of amides is 2. The molecule has 0 aromatic heterocycles. The van der Waals surface area contributed by atoms with Crippen LogP contribution in [0.1, 0.15) is 21.5 Å². The van der Waals surface area contributed by atoms with Gasteiger partial charge in [-0.05, 0) is 66.3 Å². The van der Waals surface area contributed by atoms with Crippen LogP contribution in [0, 0.1) is 11.8 Å². The summed E-state index contributed by atoms with van der Waals surface area (Å²) in [4.78, 5) is 23.9. The number of piperidine rings is 1. The Morgan fingerprint density at radius 3 is 2.17 bits per heavy atom. The second kappa shape index (κ2) is 9.46. The van der Waals surface area contributed by atoms with Gasteiger partial charge >= 0.3 is 6.18 Å². The number of carbonyl (C=O) groups is 2. The third-order valence-electron chi connectivity index (χ3n) is 6.39. The fourth-order valence-corrected chi connectivity index (χ4v) is 5.85. The molecule has 1 aliphatic carbocycles. The van der Waals surface area contributed by atoms with E-state index in [4.69, 9.17) is 0 Å². The molecule has 2 aliphatic rings. The Kier molecular flexibility index (Phi) is 6.74. The van der Waals surface area contributed by atoms with Crippen molar-refractivity contribution in [2.24, 2.45) is 11.8 Å². The summed E-state index contributed by atoms with van der Waals surface area (Å²) in [6, 6.07) is 10.3. The number of sulfonamides is 1. The average Bonchev–Trinajstić information content (AvgIpc) is 3.25. The lowest BCUT2D eigenvalue weighted by molar-refractivity contribution is -0.137. The van der Waals surface area contributed by atoms with Gasteiger partial charge in [0, 0.05) is 31.2 Å². The fraction of sp³-hybridized carbons (Fsp3) is 0.333. The summed E-state index contributed by atoms with van der Waals surface area (Å²) < 4.78 is 65.1. The third kappa shape index (κ3) is 5.40. The van der Waals surface area contributed by atoms with Gasteiger partial charge in [0.15, 0.2) is 0 Å². The molecule has 2 N–H and O–H groups in total. The van der Waals surface area contributed by atoms with Crippen molar-refractivity contribution in [1.29, 1.82) is 0 Å². The van der Waals surface area contributed by atoms with Gasteiger partial charge in [-0.1, -0.05) is 18.7 Å². The lowest BCUT2D eigenvalue weighted by atomic mass is 10.1. The van der Waals surface area contributed by atoms with Crippen molar-refractivity contribution in [2.45, 2.75) is 23.5 Å². The van der Waals surface area contributed by atoms with E-state index in [1.165, 1.54) is 46.8 Å². The predicted molar refractivity (Wildman–Crippen MR) is 122 cm³/mol. The molecule has 4 rings (SSSR count). The highest BCUT2D eigenvalue weighted by Crippen LogP contribution is 2.47. The molecule has 2 aromatic carbocycles. The monoisotopic (exact) mass is 507 g/mol. The molecule has 0 spiro atoms. The number of rotatable bonds is 8. The second-order valence-corrected chi connectivity index (χ2v) is 10.6. The molecule has 0 bridgehead atoms. The van der Waals surface area contributed by atoms with E-state index >= 15 is 0 Å². The minimum atomic E-state index is -4.40. The lowest BCUT2D eigenvalue weighted by Crippen LogP contribution is -2.37. The molecule has 2 atom stereocenters. The molecule has 0 radical (unpaired) electrons. The molecule has 2 unspecified atom stereocenters. The number of nitrogens with one attached hydrogen (secondary N) is 2. The molecule has 7 nitrogen and oxygen atoms in total. The molecular formula is C24H24F3N3O4S. The van der Waals surface area contributed by atoms with Crippen LogP contribution in [0.25, 0.3) is 0 Å². The highest BCUT2D eigenvalue weighted by Gasteiger charge is 2.58. The van der Waals surface area contributed by atoms with Gasteiger partial charge in [-0.2, -0.15) is 17.5 Å². The van der Waals surface area contributed by atoms with Crippen LogP contribution in [0.5, 0.6) is 0 Å². The van der Waals surface area contributed by atoms with Gasteiger partial charge in [-0.15, -0.1) is 0 Å². The highest BCUT2D eigenvalue weighted by atomic mass is 32.2. The largest absolute Gasteiger partial charge is 0.416 e. The Labute approximate surface area is 201 Å². The van der Waals surface area contributed by atoms with Crippen LogP contribution in [0.15, 0.2) is 66.1 Å². The van der Waals surface area contributed by atoms with E-state index in [1.807, 2.05) is 0 Å². The topological polar surface area (TPSA) is 95.6 Å². The zero-order valence-corrected chi connectivity index (χ0v) is 19.4. The SMILES string of the molecule is C=CC(=O)NC1C2CN(S(=O)(=O)c3ccc(C(=O)NCCc4ccc(C(F)(F)F)cc4)cc3)CC21. The standard InChI is InChI=1S/C24H24F3N3O4S/c1-2-21(31)29-22-19-13-30(14-20(19)22)35(33,34)18-9-5-16(6-10-18)23(32)28-12-11-15-3-7-17(8-4-15)24(25,26)27/h2-10,19-20,22H,1,11-14H2,(H,28,32)(H,29,31). The molecule has 2 aromatic rings. The van der Waals surface area contributed by atoms with E-state index in [9.17, 15) is 31.2 Å². The van der Waals surface area contributed by atoms with Crippen LogP contribution in [0.2, 0.25) is 0 Å². The number of fused-ring (bicyclic) bond motifs is 1. The molecule has 35 heavy (non-hydrogen) atoms. The van der Waals surface area contributed by atoms with Crippen LogP contribution < -0.4 is 10.6 Å². The molecule has 1 aliphatic heterocycles. The zero-order chi connectivity index (χ0) is 25.4. The molecular weight excluding hydrogens is 483 g/mol. The summed E-state index contributed by atoms with van der Waals surface area (Å²) in [5, 5.41) is 5.48. The van der Waals surface area contributed by atoms with E-state index < -0.39 is 27.7 Å². The van der Waals surface area contributed by atoms with E-state index in [-0.39, 0.29) is 40.8 Å². The van der Waals surface area contributed by atoms with Crippen LogP contribution in [0.3, 0.4) is 0 Å². The summed E-state index contributed by atoms with van der Waals surface area (Å²) in [7, 11) is -3.72. The van der Waals surface area contributed by atoms with E-state index in [1.54, 1.807) is 0 Å². The minimum absolute atomic E-state index is 0.0272. The Morgan fingerprint density at radius 2 is 1.63 bits per heavy atom. The van der Waals surface area contributed by atoms with Crippen LogP contribution in [-0.4, -0.2) is 50.2 Å². The number of nitrogens with zero attached hydrogens (tertiary/aromatic N) is 1. The number of halogens is 3. The van der Waals surface area contributed by atoms with E-state index in [0.29, 0.717) is 25.1 Å². The smallest absolute Gasteiger partial charge is 0.352 e. The first kappa shape index (κ1) is 24.9. The van der Waals surface area contributed by atoms with Gasteiger partial charge in [0.1, 0.15) is 0 Å². The van der Waals surface area contributed by atoms with E-state index in [2.05, 4.69) is 17.2 Å². The van der Waals surface area contributed by atoms with Gasteiger partial charge in [-0.25, -0.2) is 8.42 Å². The number of hydrogen-bond donors (Lipinski definition) is 2. The number of alkyl halides is 3. The second-order valence-electron chi connectivity index (χ2n) is 8.61. The summed E-state index contributed by atoms with van der Waals surface area (Å²) in [6.07, 6.45) is -2.86. The van der Waals surface area contributed by atoms with Crippen molar-refractivity contribution in [3.8, 4) is 0 Å². The predicted octanol–water partition coefficient (Wildman–Crippen LogP) is 2.60. The van der Waals surface area contributed by atoms with Crippen molar-refractivity contribution in [1.82, 2.24) is 14.9 Å². The first-order chi connectivity index (χ1) is 16.5. The first-order valence-corrected chi connectivity index (χ1v) is 12.4. The van der Waals surface area contributed by atoms with Crippen molar-refractivity contribution in [2.75, 3.05) is 19.6 Å². The molecule has 1 heterocycles. The van der Waals surface area contributed by atoms with Crippen LogP contribution in [0.4, 0.5) is 13.2 Å². The fourth-order valence-electron chi connectivity index (χ4n) is 4.33. The molecule has 186 valence electrons. The number of benzene rings is 2. The van der Waals surface area contributed by atoms with Gasteiger partial charge in [-0.3, -0.25) is 9.59 Å². The van der Waals surface area contributed by atoms with Crippen molar-refractivity contribution < 1.29 is 31.2 Å². The van der Waals surface area contributed by atoms with Gasteiger partial charge in [0.25, 0.3) is 5.91 Å². The van der Waals surface area contributed by atoms with Gasteiger partial charge in [0.2, 0.25) is 15.9 Å². The molecule has 1 saturated heterocycles. The summed E-state index contributed by atoms with van der Waals surface area (Å²) in [5.41, 5.74) is 0.188. The van der Waals surface area contributed by atoms with Crippen molar-refractivity contribution in [3.63, 3.8) is 0 Å². The Hall–Kier alpha value is -3.18. The maximum Gasteiger partial charge on any atom is 0.416 e. The van der Waals surface area contributed by atoms with Gasteiger partial charge in [0.05, 0.1) is 10.5 Å². The zero-order valence-electron chi connectivity index (χ0n) is 18.6. The Morgan fingerprint density at radius 1 is 1.03 bits per heavy atom. The summed E-state index contributed by atoms with van der Waals surface area (Å²) in [5.74, 6) is -0.511. The summed E-state index contributed by atoms with van der Waals surface area (Å²) >= 11 is 0. The first-order valence-electron chi connectivity index (χ1n) is 11.0.